The molecule has 0 aromatic carbocycles. The van der Waals surface area contributed by atoms with Crippen LogP contribution in [-0.2, 0) is 9.59 Å². The third-order valence-corrected chi connectivity index (χ3v) is 16.5. The van der Waals surface area contributed by atoms with Gasteiger partial charge >= 0.3 is 11.9 Å². The molecule has 1 aliphatic rings. The number of rotatable bonds is 54. The van der Waals surface area contributed by atoms with Crippen LogP contribution in [0, 0.1) is 17.3 Å². The molecule has 0 radical (unpaired) electrons. The molecule has 0 aliphatic heterocycles. The predicted molar refractivity (Wildman–Crippen MR) is 297 cm³/mol. The fraction of sp³-hybridized carbons (Fsp3) is 0.968. The van der Waals surface area contributed by atoms with Crippen molar-refractivity contribution in [2.24, 2.45) is 17.3 Å². The van der Waals surface area contributed by atoms with Crippen molar-refractivity contribution in [3.05, 3.63) is 0 Å². The lowest BCUT2D eigenvalue weighted by molar-refractivity contribution is -0.144. The van der Waals surface area contributed by atoms with Crippen LogP contribution in [-0.4, -0.2) is 71.2 Å². The minimum Gasteiger partial charge on any atom is -0.481 e. The van der Waals surface area contributed by atoms with Gasteiger partial charge in [0.05, 0.1) is 6.42 Å². The smallest absolute Gasteiger partial charge is 0.303 e. The van der Waals surface area contributed by atoms with Crippen molar-refractivity contribution in [2.45, 2.75) is 329 Å². The number of nitrogens with zero attached hydrogens (tertiary/aromatic N) is 2. The van der Waals surface area contributed by atoms with Crippen molar-refractivity contribution in [3.8, 4) is 0 Å². The van der Waals surface area contributed by atoms with Gasteiger partial charge < -0.3 is 20.0 Å². The summed E-state index contributed by atoms with van der Waals surface area (Å²) in [6, 6.07) is 0. The summed E-state index contributed by atoms with van der Waals surface area (Å²) in [6.45, 7) is 15.6. The molecule has 1 saturated carbocycles. The quantitative estimate of drug-likeness (QED) is 0.0591. The highest BCUT2D eigenvalue weighted by atomic mass is 16.4. The van der Waals surface area contributed by atoms with Gasteiger partial charge in [-0.25, -0.2) is 0 Å². The molecule has 0 amide bonds. The molecule has 0 bridgehead atoms. The van der Waals surface area contributed by atoms with Crippen LogP contribution < -0.4 is 0 Å². The average Bonchev–Trinajstić information content (AvgIpc) is 3.31. The Kier molecular flexibility index (Phi) is 45.9. The Morgan fingerprint density at radius 3 is 0.985 bits per heavy atom. The summed E-state index contributed by atoms with van der Waals surface area (Å²) in [5.74, 6) is -1.19. The van der Waals surface area contributed by atoms with Crippen molar-refractivity contribution in [3.63, 3.8) is 0 Å². The number of carbonyl (C=O) groups is 2. The Labute approximate surface area is 425 Å². The maximum atomic E-state index is 13.0. The minimum absolute atomic E-state index is 0.0643. The van der Waals surface area contributed by atoms with Crippen molar-refractivity contribution >= 4 is 11.9 Å². The number of hydrogen-bond donors (Lipinski definition) is 2. The van der Waals surface area contributed by atoms with Gasteiger partial charge in [-0.15, -0.1) is 0 Å². The van der Waals surface area contributed by atoms with Crippen LogP contribution in [0.4, 0.5) is 0 Å². The van der Waals surface area contributed by atoms with Crippen LogP contribution in [0.1, 0.15) is 329 Å². The molecule has 0 aromatic rings. The summed E-state index contributed by atoms with van der Waals surface area (Å²) in [5, 5.41) is 20.9. The second-order valence-corrected chi connectivity index (χ2v) is 22.7. The highest BCUT2D eigenvalue weighted by Crippen LogP contribution is 2.52. The Balaban J connectivity index is 3.07. The van der Waals surface area contributed by atoms with E-state index in [0.717, 1.165) is 71.4 Å². The van der Waals surface area contributed by atoms with E-state index in [1.807, 2.05) is 0 Å². The van der Waals surface area contributed by atoms with Crippen molar-refractivity contribution in [1.82, 2.24) is 9.80 Å². The van der Waals surface area contributed by atoms with Gasteiger partial charge in [-0.05, 0) is 108 Å². The first-order valence-electron chi connectivity index (χ1n) is 31.2. The molecule has 3 unspecified atom stereocenters. The number of carboxylic acid groups (broad SMARTS) is 2. The summed E-state index contributed by atoms with van der Waals surface area (Å²) in [6.07, 6.45) is 58.9. The van der Waals surface area contributed by atoms with Crippen molar-refractivity contribution in [1.29, 1.82) is 0 Å². The van der Waals surface area contributed by atoms with Gasteiger partial charge in [-0.1, -0.05) is 265 Å². The van der Waals surface area contributed by atoms with E-state index in [1.54, 1.807) is 0 Å². The number of carboxylic acids is 2. The normalized spacial score (nSPS) is 17.5. The topological polar surface area (TPSA) is 81.1 Å². The van der Waals surface area contributed by atoms with Gasteiger partial charge in [0.15, 0.2) is 0 Å². The fourth-order valence-corrected chi connectivity index (χ4v) is 12.2. The molecular weight excluding hydrogens is 837 g/mol. The maximum absolute atomic E-state index is 13.0. The lowest BCUT2D eigenvalue weighted by Gasteiger charge is -2.49. The van der Waals surface area contributed by atoms with Crippen molar-refractivity contribution in [2.75, 3.05) is 39.3 Å². The van der Waals surface area contributed by atoms with Gasteiger partial charge in [0.1, 0.15) is 0 Å². The molecule has 6 nitrogen and oxygen atoms in total. The molecular formula is C62H122N2O4. The third kappa shape index (κ3) is 37.6. The SMILES string of the molecule is CCCCCCCCCCCCN(CCCCCCCCCCCC)CCC1C(CC(=O)O)CCCC1(CCN(CCCCCCCCCCCC)CCCCCCCCCCCC)CC(=O)O. The lowest BCUT2D eigenvalue weighted by atomic mass is 9.57. The van der Waals surface area contributed by atoms with E-state index in [4.69, 9.17) is 0 Å². The van der Waals surface area contributed by atoms with Crippen LogP contribution >= 0.6 is 0 Å². The molecule has 68 heavy (non-hydrogen) atoms. The Morgan fingerprint density at radius 1 is 0.397 bits per heavy atom. The van der Waals surface area contributed by atoms with Crippen molar-refractivity contribution < 1.29 is 19.8 Å². The van der Waals surface area contributed by atoms with Gasteiger partial charge in [0, 0.05) is 6.42 Å². The van der Waals surface area contributed by atoms with E-state index in [2.05, 4.69) is 37.5 Å². The van der Waals surface area contributed by atoms with E-state index in [9.17, 15) is 19.8 Å². The second-order valence-electron chi connectivity index (χ2n) is 22.7. The first-order valence-corrected chi connectivity index (χ1v) is 31.2. The summed E-state index contributed by atoms with van der Waals surface area (Å²) in [4.78, 5) is 30.9. The van der Waals surface area contributed by atoms with Gasteiger partial charge in [0.2, 0.25) is 0 Å². The van der Waals surface area contributed by atoms with E-state index in [0.29, 0.717) is 0 Å². The van der Waals surface area contributed by atoms with Gasteiger partial charge in [0.25, 0.3) is 0 Å². The molecule has 1 rings (SSSR count). The molecule has 0 saturated heterocycles. The largest absolute Gasteiger partial charge is 0.481 e. The monoisotopic (exact) mass is 959 g/mol. The van der Waals surface area contributed by atoms with E-state index in [1.165, 1.54) is 257 Å². The van der Waals surface area contributed by atoms with Crippen LogP contribution in [0.15, 0.2) is 0 Å². The zero-order valence-corrected chi connectivity index (χ0v) is 46.7. The highest BCUT2D eigenvalue weighted by molar-refractivity contribution is 5.68. The Hall–Kier alpha value is -1.14. The first kappa shape index (κ1) is 64.9. The van der Waals surface area contributed by atoms with E-state index >= 15 is 0 Å². The molecule has 2 N–H and O–H groups in total. The maximum Gasteiger partial charge on any atom is 0.303 e. The molecule has 0 spiro atoms. The van der Waals surface area contributed by atoms with Gasteiger partial charge in [-0.2, -0.15) is 0 Å². The van der Waals surface area contributed by atoms with E-state index < -0.39 is 11.9 Å². The number of unbranched alkanes of at least 4 members (excludes halogenated alkanes) is 36. The molecule has 6 heteroatoms. The van der Waals surface area contributed by atoms with Gasteiger partial charge in [-0.3, -0.25) is 9.59 Å². The second kappa shape index (κ2) is 48.1. The zero-order chi connectivity index (χ0) is 49.4. The molecule has 3 atom stereocenters. The Morgan fingerprint density at radius 2 is 0.691 bits per heavy atom. The third-order valence-electron chi connectivity index (χ3n) is 16.5. The summed E-state index contributed by atoms with van der Waals surface area (Å²) in [7, 11) is 0. The standard InChI is InChI=1S/C62H122N2O4/c1-5-9-13-17-21-25-29-33-37-41-50-63(51-42-38-34-30-26-22-18-14-10-6-2)54-47-59-58(56-60(65)66)46-45-48-62(59,57-61(67)68)49-55-64(52-43-39-35-31-27-23-19-15-11-7-3)53-44-40-36-32-28-24-20-16-12-8-4/h58-59H,5-57H2,1-4H3,(H,65,66)(H,67,68). The molecule has 1 aliphatic carbocycles. The molecule has 1 fully saturated rings. The molecule has 404 valence electrons. The Bertz CT molecular complexity index is 1040. The van der Waals surface area contributed by atoms with E-state index in [-0.39, 0.29) is 30.1 Å². The van der Waals surface area contributed by atoms with Crippen LogP contribution in [0.5, 0.6) is 0 Å². The lowest BCUT2D eigenvalue weighted by Crippen LogP contribution is -2.45. The highest BCUT2D eigenvalue weighted by Gasteiger charge is 2.47. The van der Waals surface area contributed by atoms with Crippen LogP contribution in [0.2, 0.25) is 0 Å². The molecule has 0 heterocycles. The zero-order valence-electron chi connectivity index (χ0n) is 46.7. The number of hydrogen-bond acceptors (Lipinski definition) is 4. The number of aliphatic carboxylic acids is 2. The van der Waals surface area contributed by atoms with Crippen LogP contribution in [0.3, 0.4) is 0 Å². The minimum atomic E-state index is -0.706. The summed E-state index contributed by atoms with van der Waals surface area (Å²) < 4.78 is 0. The molecule has 0 aromatic heterocycles. The van der Waals surface area contributed by atoms with Crippen LogP contribution in [0.25, 0.3) is 0 Å². The predicted octanol–water partition coefficient (Wildman–Crippen LogP) is 19.4. The summed E-state index contributed by atoms with van der Waals surface area (Å²) >= 11 is 0. The summed E-state index contributed by atoms with van der Waals surface area (Å²) in [5.41, 5.74) is -0.335. The first-order chi connectivity index (χ1) is 33.3. The average molecular weight is 960 g/mol. The fourth-order valence-electron chi connectivity index (χ4n) is 12.2.